The summed E-state index contributed by atoms with van der Waals surface area (Å²) in [6.07, 6.45) is 0. The molecule has 7 heteroatoms. The van der Waals surface area contributed by atoms with E-state index in [-0.39, 0.29) is 42.7 Å². The maximum absolute atomic E-state index is 12.0. The van der Waals surface area contributed by atoms with Crippen molar-refractivity contribution in [3.05, 3.63) is 29.3 Å². The number of anilines is 1. The Labute approximate surface area is 121 Å². The Morgan fingerprint density at radius 3 is 2.48 bits per heavy atom. The molecule has 0 aliphatic carbocycles. The first-order valence-corrected chi connectivity index (χ1v) is 6.60. The summed E-state index contributed by atoms with van der Waals surface area (Å²) in [5.41, 5.74) is 6.22. The molecule has 112 valence electrons. The minimum atomic E-state index is -1.14. The van der Waals surface area contributed by atoms with Crippen LogP contribution in [0.1, 0.15) is 22.8 Å². The molecule has 0 unspecified atom stereocenters. The number of carboxylic acid groups (broad SMARTS) is 1. The molecule has 3 N–H and O–H groups in total. The molecule has 0 atom stereocenters. The standard InChI is InChI=1S/C14H17N3O4/c1-2-16-7-12(19)17(8-11(16)18)6-9-4-3-5-10(15)13(9)14(20)21/h3-5H,2,6-8,15H2,1H3,(H,20,21). The van der Waals surface area contributed by atoms with Gasteiger partial charge in [-0.05, 0) is 18.6 Å². The van der Waals surface area contributed by atoms with Crippen molar-refractivity contribution in [1.29, 1.82) is 0 Å². The number of nitrogen functional groups attached to an aromatic ring is 1. The third-order valence-corrected chi connectivity index (χ3v) is 3.50. The van der Waals surface area contributed by atoms with Crippen LogP contribution in [0.4, 0.5) is 5.69 Å². The van der Waals surface area contributed by atoms with E-state index in [2.05, 4.69) is 0 Å². The van der Waals surface area contributed by atoms with Gasteiger partial charge < -0.3 is 20.6 Å². The number of hydrogen-bond donors (Lipinski definition) is 2. The Morgan fingerprint density at radius 1 is 1.24 bits per heavy atom. The van der Waals surface area contributed by atoms with Crippen LogP contribution in [-0.2, 0) is 16.1 Å². The summed E-state index contributed by atoms with van der Waals surface area (Å²) < 4.78 is 0. The Morgan fingerprint density at radius 2 is 1.86 bits per heavy atom. The highest BCUT2D eigenvalue weighted by molar-refractivity contribution is 5.96. The van der Waals surface area contributed by atoms with Gasteiger partial charge in [-0.25, -0.2) is 4.79 Å². The van der Waals surface area contributed by atoms with Gasteiger partial charge in [-0.3, -0.25) is 9.59 Å². The lowest BCUT2D eigenvalue weighted by atomic mass is 10.0. The molecule has 1 aliphatic heterocycles. The number of carbonyl (C=O) groups excluding carboxylic acids is 2. The van der Waals surface area contributed by atoms with Gasteiger partial charge in [0.25, 0.3) is 0 Å². The number of rotatable bonds is 4. The topological polar surface area (TPSA) is 104 Å². The third kappa shape index (κ3) is 2.96. The zero-order chi connectivity index (χ0) is 15.6. The van der Waals surface area contributed by atoms with Gasteiger partial charge in [-0.2, -0.15) is 0 Å². The van der Waals surface area contributed by atoms with E-state index in [1.165, 1.54) is 15.9 Å². The fourth-order valence-electron chi connectivity index (χ4n) is 2.35. The first-order valence-electron chi connectivity index (χ1n) is 6.60. The van der Waals surface area contributed by atoms with Gasteiger partial charge in [0.1, 0.15) is 6.54 Å². The number of piperazine rings is 1. The number of nitrogens with two attached hydrogens (primary N) is 1. The predicted molar refractivity (Wildman–Crippen MR) is 75.5 cm³/mol. The number of hydrogen-bond acceptors (Lipinski definition) is 4. The van der Waals surface area contributed by atoms with Crippen molar-refractivity contribution in [2.45, 2.75) is 13.5 Å². The first kappa shape index (κ1) is 14.8. The van der Waals surface area contributed by atoms with E-state index in [0.29, 0.717) is 12.1 Å². The van der Waals surface area contributed by atoms with Crippen LogP contribution in [0.15, 0.2) is 18.2 Å². The maximum Gasteiger partial charge on any atom is 0.338 e. The quantitative estimate of drug-likeness (QED) is 0.769. The summed E-state index contributed by atoms with van der Waals surface area (Å²) in [5, 5.41) is 9.22. The Bertz CT molecular complexity index is 600. The highest BCUT2D eigenvalue weighted by Crippen LogP contribution is 2.20. The van der Waals surface area contributed by atoms with Gasteiger partial charge in [0.05, 0.1) is 12.1 Å². The molecule has 2 rings (SSSR count). The van der Waals surface area contributed by atoms with E-state index in [0.717, 1.165) is 0 Å². The van der Waals surface area contributed by atoms with Crippen LogP contribution in [0.2, 0.25) is 0 Å². The molecule has 0 saturated carbocycles. The summed E-state index contributed by atoms with van der Waals surface area (Å²) >= 11 is 0. The molecule has 0 bridgehead atoms. The molecule has 0 spiro atoms. The zero-order valence-electron chi connectivity index (χ0n) is 11.7. The van der Waals surface area contributed by atoms with Crippen molar-refractivity contribution in [3.63, 3.8) is 0 Å². The summed E-state index contributed by atoms with van der Waals surface area (Å²) in [7, 11) is 0. The number of carboxylic acids is 1. The van der Waals surface area contributed by atoms with Gasteiger partial charge >= 0.3 is 5.97 Å². The van der Waals surface area contributed by atoms with Crippen molar-refractivity contribution >= 4 is 23.5 Å². The molecular weight excluding hydrogens is 274 g/mol. The highest BCUT2D eigenvalue weighted by atomic mass is 16.4. The number of nitrogens with zero attached hydrogens (tertiary/aromatic N) is 2. The molecular formula is C14H17N3O4. The van der Waals surface area contributed by atoms with Crippen LogP contribution in [0.3, 0.4) is 0 Å². The van der Waals surface area contributed by atoms with Crippen LogP contribution in [0.5, 0.6) is 0 Å². The van der Waals surface area contributed by atoms with E-state index in [1.807, 2.05) is 0 Å². The van der Waals surface area contributed by atoms with Gasteiger partial charge in [-0.1, -0.05) is 12.1 Å². The van der Waals surface area contributed by atoms with Crippen LogP contribution in [0.25, 0.3) is 0 Å². The van der Waals surface area contributed by atoms with Crippen LogP contribution in [0, 0.1) is 0 Å². The van der Waals surface area contributed by atoms with E-state index in [4.69, 9.17) is 5.73 Å². The second kappa shape index (κ2) is 5.82. The summed E-state index contributed by atoms with van der Waals surface area (Å²) in [5.74, 6) is -1.48. The van der Waals surface area contributed by atoms with Crippen molar-refractivity contribution in [2.75, 3.05) is 25.4 Å². The van der Waals surface area contributed by atoms with Crippen molar-refractivity contribution in [3.8, 4) is 0 Å². The van der Waals surface area contributed by atoms with Gasteiger partial charge in [0.15, 0.2) is 0 Å². The fraction of sp³-hybridized carbons (Fsp3) is 0.357. The average molecular weight is 291 g/mol. The number of benzene rings is 1. The average Bonchev–Trinajstić information content (AvgIpc) is 2.42. The minimum absolute atomic E-state index is 0.0179. The molecule has 0 aromatic heterocycles. The number of likely N-dealkylation sites (N-methyl/N-ethyl adjacent to an activating group) is 1. The second-order valence-electron chi connectivity index (χ2n) is 4.84. The Balaban J connectivity index is 2.23. The SMILES string of the molecule is CCN1CC(=O)N(Cc2cccc(N)c2C(=O)O)CC1=O. The largest absolute Gasteiger partial charge is 0.478 e. The molecule has 1 heterocycles. The summed E-state index contributed by atoms with van der Waals surface area (Å²) in [4.78, 5) is 38.0. The van der Waals surface area contributed by atoms with Crippen molar-refractivity contribution in [1.82, 2.24) is 9.80 Å². The molecule has 1 fully saturated rings. The third-order valence-electron chi connectivity index (χ3n) is 3.50. The monoisotopic (exact) mass is 291 g/mol. The molecule has 2 amide bonds. The zero-order valence-corrected chi connectivity index (χ0v) is 11.7. The van der Waals surface area contributed by atoms with Gasteiger partial charge in [0, 0.05) is 18.8 Å². The maximum atomic E-state index is 12.0. The molecule has 1 aromatic carbocycles. The normalized spacial score (nSPS) is 15.5. The van der Waals surface area contributed by atoms with Crippen LogP contribution in [-0.4, -0.2) is 52.3 Å². The van der Waals surface area contributed by atoms with Gasteiger partial charge in [-0.15, -0.1) is 0 Å². The second-order valence-corrected chi connectivity index (χ2v) is 4.84. The fourth-order valence-corrected chi connectivity index (χ4v) is 2.35. The molecule has 0 radical (unpaired) electrons. The summed E-state index contributed by atoms with van der Waals surface area (Å²) in [6, 6.07) is 4.73. The van der Waals surface area contributed by atoms with E-state index in [1.54, 1.807) is 19.1 Å². The summed E-state index contributed by atoms with van der Waals surface area (Å²) in [6.45, 7) is 2.34. The van der Waals surface area contributed by atoms with Crippen molar-refractivity contribution < 1.29 is 19.5 Å². The smallest absolute Gasteiger partial charge is 0.338 e. The highest BCUT2D eigenvalue weighted by Gasteiger charge is 2.29. The molecule has 21 heavy (non-hydrogen) atoms. The number of carbonyl (C=O) groups is 3. The number of aromatic carboxylic acids is 1. The van der Waals surface area contributed by atoms with E-state index in [9.17, 15) is 19.5 Å². The Hall–Kier alpha value is -2.57. The lowest BCUT2D eigenvalue weighted by molar-refractivity contribution is -0.150. The molecule has 7 nitrogen and oxygen atoms in total. The molecule has 1 saturated heterocycles. The molecule has 1 aromatic rings. The van der Waals surface area contributed by atoms with Gasteiger partial charge in [0.2, 0.25) is 11.8 Å². The predicted octanol–water partition coefficient (Wildman–Crippen LogP) is 0.158. The van der Waals surface area contributed by atoms with Crippen molar-refractivity contribution in [2.24, 2.45) is 0 Å². The van der Waals surface area contributed by atoms with Crippen LogP contribution < -0.4 is 5.73 Å². The lowest BCUT2D eigenvalue weighted by Gasteiger charge is -2.33. The van der Waals surface area contributed by atoms with E-state index >= 15 is 0 Å². The first-order chi connectivity index (χ1) is 9.93. The Kier molecular flexibility index (Phi) is 4.11. The number of amides is 2. The minimum Gasteiger partial charge on any atom is -0.478 e. The lowest BCUT2D eigenvalue weighted by Crippen LogP contribution is -2.53. The van der Waals surface area contributed by atoms with E-state index < -0.39 is 5.97 Å². The molecule has 1 aliphatic rings. The van der Waals surface area contributed by atoms with Crippen LogP contribution >= 0.6 is 0 Å².